The van der Waals surface area contributed by atoms with E-state index in [0.29, 0.717) is 5.92 Å². The standard InChI is InChI=1S/C10H20N2O2/c1-4-12-6-8(2)5-11(3)10(14)9(12)7-13/h8-9,13H,4-7H2,1-3H3. The van der Waals surface area contributed by atoms with Gasteiger partial charge in [-0.05, 0) is 12.5 Å². The molecule has 1 aliphatic rings. The van der Waals surface area contributed by atoms with Crippen LogP contribution in [-0.4, -0.2) is 60.1 Å². The number of likely N-dealkylation sites (N-methyl/N-ethyl adjacent to an activating group) is 2. The molecule has 14 heavy (non-hydrogen) atoms. The van der Waals surface area contributed by atoms with Crippen LogP contribution in [0.2, 0.25) is 0 Å². The molecule has 2 atom stereocenters. The van der Waals surface area contributed by atoms with E-state index >= 15 is 0 Å². The molecule has 1 aliphatic heterocycles. The van der Waals surface area contributed by atoms with Gasteiger partial charge in [0.15, 0.2) is 0 Å². The van der Waals surface area contributed by atoms with E-state index in [2.05, 4.69) is 11.8 Å². The molecule has 0 aromatic carbocycles. The number of amides is 1. The van der Waals surface area contributed by atoms with Gasteiger partial charge >= 0.3 is 0 Å². The fourth-order valence-electron chi connectivity index (χ4n) is 2.10. The molecule has 1 rings (SSSR count). The first-order valence-electron chi connectivity index (χ1n) is 5.20. The summed E-state index contributed by atoms with van der Waals surface area (Å²) in [6.45, 7) is 6.56. The van der Waals surface area contributed by atoms with E-state index in [1.807, 2.05) is 6.92 Å². The van der Waals surface area contributed by atoms with Gasteiger partial charge in [0.25, 0.3) is 0 Å². The van der Waals surface area contributed by atoms with Crippen LogP contribution in [-0.2, 0) is 4.79 Å². The smallest absolute Gasteiger partial charge is 0.242 e. The second kappa shape index (κ2) is 4.75. The van der Waals surface area contributed by atoms with Crippen molar-refractivity contribution in [2.24, 2.45) is 5.92 Å². The maximum Gasteiger partial charge on any atom is 0.242 e. The predicted octanol–water partition coefficient (Wildman–Crippen LogP) is -0.223. The second-order valence-corrected chi connectivity index (χ2v) is 4.11. The van der Waals surface area contributed by atoms with Gasteiger partial charge in [-0.25, -0.2) is 0 Å². The average molecular weight is 200 g/mol. The molecule has 1 amide bonds. The molecule has 0 aromatic heterocycles. The molecular weight excluding hydrogens is 180 g/mol. The molecule has 0 spiro atoms. The fourth-order valence-corrected chi connectivity index (χ4v) is 2.10. The summed E-state index contributed by atoms with van der Waals surface area (Å²) >= 11 is 0. The van der Waals surface area contributed by atoms with E-state index in [4.69, 9.17) is 0 Å². The molecule has 1 saturated heterocycles. The van der Waals surface area contributed by atoms with Crippen LogP contribution >= 0.6 is 0 Å². The monoisotopic (exact) mass is 200 g/mol. The Labute approximate surface area is 85.5 Å². The van der Waals surface area contributed by atoms with Crippen molar-refractivity contribution in [3.63, 3.8) is 0 Å². The Morgan fingerprint density at radius 3 is 2.64 bits per heavy atom. The van der Waals surface area contributed by atoms with Gasteiger partial charge in [0.05, 0.1) is 6.61 Å². The van der Waals surface area contributed by atoms with Crippen LogP contribution in [0.15, 0.2) is 0 Å². The summed E-state index contributed by atoms with van der Waals surface area (Å²) in [7, 11) is 1.81. The zero-order chi connectivity index (χ0) is 10.7. The number of hydrogen-bond acceptors (Lipinski definition) is 3. The molecular formula is C10H20N2O2. The SMILES string of the molecule is CCN1CC(C)CN(C)C(=O)C1CO. The Kier molecular flexibility index (Phi) is 3.89. The highest BCUT2D eigenvalue weighted by atomic mass is 16.3. The molecule has 1 fully saturated rings. The molecule has 0 bridgehead atoms. The van der Waals surface area contributed by atoms with Crippen LogP contribution < -0.4 is 0 Å². The number of carbonyl (C=O) groups excluding carboxylic acids is 1. The van der Waals surface area contributed by atoms with Crippen molar-refractivity contribution in [2.45, 2.75) is 19.9 Å². The molecule has 4 heteroatoms. The van der Waals surface area contributed by atoms with Crippen molar-refractivity contribution in [1.29, 1.82) is 0 Å². The average Bonchev–Trinajstić information content (AvgIpc) is 2.25. The number of aliphatic hydroxyl groups is 1. The van der Waals surface area contributed by atoms with E-state index in [-0.39, 0.29) is 18.6 Å². The van der Waals surface area contributed by atoms with Gasteiger partial charge in [0, 0.05) is 20.1 Å². The Bertz CT molecular complexity index is 208. The highest BCUT2D eigenvalue weighted by Crippen LogP contribution is 2.13. The van der Waals surface area contributed by atoms with Crippen molar-refractivity contribution in [3.8, 4) is 0 Å². The van der Waals surface area contributed by atoms with Gasteiger partial charge in [-0.15, -0.1) is 0 Å². The van der Waals surface area contributed by atoms with Gasteiger partial charge in [-0.3, -0.25) is 9.69 Å². The lowest BCUT2D eigenvalue weighted by atomic mass is 10.1. The first-order valence-corrected chi connectivity index (χ1v) is 5.20. The third-order valence-electron chi connectivity index (χ3n) is 2.81. The van der Waals surface area contributed by atoms with Crippen LogP contribution in [0.3, 0.4) is 0 Å². The predicted molar refractivity (Wildman–Crippen MR) is 54.9 cm³/mol. The summed E-state index contributed by atoms with van der Waals surface area (Å²) in [4.78, 5) is 15.6. The van der Waals surface area contributed by atoms with Crippen LogP contribution in [0.5, 0.6) is 0 Å². The van der Waals surface area contributed by atoms with Crippen molar-refractivity contribution in [2.75, 3.05) is 33.3 Å². The molecule has 82 valence electrons. The van der Waals surface area contributed by atoms with E-state index < -0.39 is 0 Å². The molecule has 2 unspecified atom stereocenters. The molecule has 0 saturated carbocycles. The molecule has 1 N–H and O–H groups in total. The lowest BCUT2D eigenvalue weighted by Crippen LogP contribution is -2.47. The first-order chi connectivity index (χ1) is 6.60. The summed E-state index contributed by atoms with van der Waals surface area (Å²) in [6, 6.07) is -0.338. The maximum absolute atomic E-state index is 11.8. The zero-order valence-corrected chi connectivity index (χ0v) is 9.23. The molecule has 4 nitrogen and oxygen atoms in total. The lowest BCUT2D eigenvalue weighted by Gasteiger charge is -2.27. The van der Waals surface area contributed by atoms with Gasteiger partial charge in [0.2, 0.25) is 5.91 Å². The van der Waals surface area contributed by atoms with Crippen LogP contribution in [0.1, 0.15) is 13.8 Å². The van der Waals surface area contributed by atoms with Gasteiger partial charge in [-0.2, -0.15) is 0 Å². The summed E-state index contributed by atoms with van der Waals surface area (Å²) in [5.41, 5.74) is 0. The summed E-state index contributed by atoms with van der Waals surface area (Å²) in [6.07, 6.45) is 0. The first kappa shape index (κ1) is 11.5. The van der Waals surface area contributed by atoms with Crippen LogP contribution in [0.4, 0.5) is 0 Å². The van der Waals surface area contributed by atoms with Crippen molar-refractivity contribution >= 4 is 5.91 Å². The van der Waals surface area contributed by atoms with Crippen molar-refractivity contribution in [1.82, 2.24) is 9.80 Å². The van der Waals surface area contributed by atoms with Crippen LogP contribution in [0.25, 0.3) is 0 Å². The van der Waals surface area contributed by atoms with Crippen molar-refractivity contribution in [3.05, 3.63) is 0 Å². The van der Waals surface area contributed by atoms with E-state index in [9.17, 15) is 9.90 Å². The molecule has 0 aliphatic carbocycles. The highest BCUT2D eigenvalue weighted by molar-refractivity contribution is 5.82. The third kappa shape index (κ3) is 2.25. The Morgan fingerprint density at radius 1 is 1.50 bits per heavy atom. The van der Waals surface area contributed by atoms with Gasteiger partial charge in [-0.1, -0.05) is 13.8 Å². The van der Waals surface area contributed by atoms with Crippen LogP contribution in [0, 0.1) is 5.92 Å². The summed E-state index contributed by atoms with van der Waals surface area (Å²) in [5.74, 6) is 0.513. The number of nitrogens with zero attached hydrogens (tertiary/aromatic N) is 2. The second-order valence-electron chi connectivity index (χ2n) is 4.11. The van der Waals surface area contributed by atoms with Gasteiger partial charge in [0.1, 0.15) is 6.04 Å². The van der Waals surface area contributed by atoms with E-state index in [1.165, 1.54) is 0 Å². The third-order valence-corrected chi connectivity index (χ3v) is 2.81. The number of carbonyl (C=O) groups is 1. The quantitative estimate of drug-likeness (QED) is 0.670. The fraction of sp³-hybridized carbons (Fsp3) is 0.900. The molecule has 1 heterocycles. The van der Waals surface area contributed by atoms with E-state index in [1.54, 1.807) is 11.9 Å². The molecule has 0 radical (unpaired) electrons. The summed E-state index contributed by atoms with van der Waals surface area (Å²) < 4.78 is 0. The lowest BCUT2D eigenvalue weighted by molar-refractivity contribution is -0.135. The Balaban J connectivity index is 2.81. The number of hydrogen-bond donors (Lipinski definition) is 1. The highest BCUT2D eigenvalue weighted by Gasteiger charge is 2.31. The Hall–Kier alpha value is -0.610. The minimum atomic E-state index is -0.338. The van der Waals surface area contributed by atoms with E-state index in [0.717, 1.165) is 19.6 Å². The maximum atomic E-state index is 11.8. The van der Waals surface area contributed by atoms with Crippen molar-refractivity contribution < 1.29 is 9.90 Å². The number of aliphatic hydroxyl groups excluding tert-OH is 1. The summed E-state index contributed by atoms with van der Waals surface area (Å²) in [5, 5.41) is 9.20. The topological polar surface area (TPSA) is 43.8 Å². The molecule has 0 aromatic rings. The zero-order valence-electron chi connectivity index (χ0n) is 9.23. The normalized spacial score (nSPS) is 30.6. The Morgan fingerprint density at radius 2 is 2.14 bits per heavy atom. The van der Waals surface area contributed by atoms with Gasteiger partial charge < -0.3 is 10.0 Å². The minimum absolute atomic E-state index is 0.0405. The minimum Gasteiger partial charge on any atom is -0.394 e. The number of rotatable bonds is 2. The largest absolute Gasteiger partial charge is 0.394 e.